The van der Waals surface area contributed by atoms with E-state index in [9.17, 15) is 0 Å². The summed E-state index contributed by atoms with van der Waals surface area (Å²) in [6.45, 7) is 1.75. The molecule has 0 aliphatic rings. The maximum atomic E-state index is 5.79. The van der Waals surface area contributed by atoms with Crippen molar-refractivity contribution in [1.82, 2.24) is 9.97 Å². The van der Waals surface area contributed by atoms with E-state index < -0.39 is 0 Å². The van der Waals surface area contributed by atoms with Crippen LogP contribution in [-0.4, -0.2) is 9.97 Å². The van der Waals surface area contributed by atoms with Crippen molar-refractivity contribution in [3.8, 4) is 11.6 Å². The summed E-state index contributed by atoms with van der Waals surface area (Å²) in [4.78, 5) is 7.86. The Bertz CT molecular complexity index is 502. The molecule has 1 heterocycles. The van der Waals surface area contributed by atoms with Crippen molar-refractivity contribution in [2.24, 2.45) is 0 Å². The van der Waals surface area contributed by atoms with Gasteiger partial charge in [0.15, 0.2) is 0 Å². The lowest BCUT2D eigenvalue weighted by Crippen LogP contribution is -2.00. The molecule has 0 saturated carbocycles. The summed E-state index contributed by atoms with van der Waals surface area (Å²) in [5.41, 5.74) is 6.79. The third-order valence-corrected chi connectivity index (χ3v) is 2.20. The lowest BCUT2D eigenvalue weighted by Gasteiger charge is -2.08. The zero-order chi connectivity index (χ0) is 11.5. The molecule has 0 aliphatic heterocycles. The van der Waals surface area contributed by atoms with E-state index in [-0.39, 0.29) is 11.2 Å². The Hall–Kier alpha value is -1.81. The number of nitrogens with zero attached hydrogens (tertiary/aromatic N) is 2. The van der Waals surface area contributed by atoms with Gasteiger partial charge in [-0.2, -0.15) is 4.98 Å². The van der Waals surface area contributed by atoms with Crippen LogP contribution in [0.3, 0.4) is 0 Å². The monoisotopic (exact) mass is 235 g/mol. The van der Waals surface area contributed by atoms with E-state index in [1.807, 2.05) is 30.3 Å². The highest BCUT2D eigenvalue weighted by molar-refractivity contribution is 6.28. The minimum absolute atomic E-state index is 0.123. The first kappa shape index (κ1) is 10.7. The number of rotatable bonds is 2. The molecule has 0 fully saturated rings. The van der Waals surface area contributed by atoms with Gasteiger partial charge in [-0.25, -0.2) is 4.98 Å². The molecule has 1 aromatic carbocycles. The number of halogens is 1. The number of benzene rings is 1. The number of para-hydroxylation sites is 1. The third kappa shape index (κ3) is 2.23. The van der Waals surface area contributed by atoms with E-state index in [0.717, 1.165) is 0 Å². The smallest absolute Gasteiger partial charge is 0.247 e. The third-order valence-electron chi connectivity index (χ3n) is 2.03. The number of hydrogen-bond donors (Lipinski definition) is 1. The van der Waals surface area contributed by atoms with Crippen LogP contribution in [0, 0.1) is 6.92 Å². The van der Waals surface area contributed by atoms with E-state index in [2.05, 4.69) is 9.97 Å². The van der Waals surface area contributed by atoms with Gasteiger partial charge in [-0.1, -0.05) is 18.2 Å². The van der Waals surface area contributed by atoms with E-state index in [4.69, 9.17) is 22.1 Å². The van der Waals surface area contributed by atoms with Gasteiger partial charge in [-0.05, 0) is 30.7 Å². The maximum Gasteiger partial charge on any atom is 0.247 e. The summed E-state index contributed by atoms with van der Waals surface area (Å²) < 4.78 is 5.51. The predicted molar refractivity (Wildman–Crippen MR) is 62.7 cm³/mol. The van der Waals surface area contributed by atoms with Crippen LogP contribution in [0.15, 0.2) is 30.3 Å². The first-order valence-electron chi connectivity index (χ1n) is 4.69. The molecule has 5 heteroatoms. The summed E-state index contributed by atoms with van der Waals surface area (Å²) >= 11 is 5.73. The highest BCUT2D eigenvalue weighted by Gasteiger charge is 2.09. The van der Waals surface area contributed by atoms with E-state index >= 15 is 0 Å². The molecule has 0 spiro atoms. The molecule has 1 aromatic heterocycles. The molecule has 0 radical (unpaired) electrons. The van der Waals surface area contributed by atoms with Crippen LogP contribution in [0.1, 0.15) is 5.69 Å². The topological polar surface area (TPSA) is 61.0 Å². The zero-order valence-electron chi connectivity index (χ0n) is 8.64. The van der Waals surface area contributed by atoms with Gasteiger partial charge in [0.1, 0.15) is 11.4 Å². The molecule has 16 heavy (non-hydrogen) atoms. The maximum absolute atomic E-state index is 5.79. The molecule has 2 aromatic rings. The number of anilines is 1. The Labute approximate surface area is 98.0 Å². The van der Waals surface area contributed by atoms with Gasteiger partial charge in [-0.15, -0.1) is 0 Å². The predicted octanol–water partition coefficient (Wildman–Crippen LogP) is 2.81. The van der Waals surface area contributed by atoms with Gasteiger partial charge in [0.2, 0.25) is 11.2 Å². The zero-order valence-corrected chi connectivity index (χ0v) is 9.40. The number of hydrogen-bond acceptors (Lipinski definition) is 4. The van der Waals surface area contributed by atoms with Gasteiger partial charge < -0.3 is 10.5 Å². The van der Waals surface area contributed by atoms with Gasteiger partial charge in [0, 0.05) is 0 Å². The van der Waals surface area contributed by atoms with Crippen LogP contribution in [-0.2, 0) is 0 Å². The normalized spacial score (nSPS) is 10.1. The summed E-state index contributed by atoms with van der Waals surface area (Å²) in [5, 5.41) is 0.123. The van der Waals surface area contributed by atoms with Crippen LogP contribution in [0.4, 0.5) is 5.69 Å². The second-order valence-electron chi connectivity index (χ2n) is 3.21. The van der Waals surface area contributed by atoms with Crippen LogP contribution in [0.25, 0.3) is 0 Å². The lowest BCUT2D eigenvalue weighted by atomic mass is 10.3. The SMILES string of the molecule is Cc1nc(Cl)nc(Oc2ccccc2)c1N. The average molecular weight is 236 g/mol. The molecule has 0 amide bonds. The van der Waals surface area contributed by atoms with Crippen molar-refractivity contribution in [2.75, 3.05) is 5.73 Å². The number of aryl methyl sites for hydroxylation is 1. The lowest BCUT2D eigenvalue weighted by molar-refractivity contribution is 0.464. The van der Waals surface area contributed by atoms with Crippen molar-refractivity contribution in [2.45, 2.75) is 6.92 Å². The quantitative estimate of drug-likeness (QED) is 0.813. The molecule has 2 N–H and O–H groups in total. The molecular formula is C11H10ClN3O. The molecule has 2 rings (SSSR count). The van der Waals surface area contributed by atoms with E-state index in [1.165, 1.54) is 0 Å². The van der Waals surface area contributed by atoms with Gasteiger partial charge in [0.25, 0.3) is 0 Å². The van der Waals surface area contributed by atoms with E-state index in [1.54, 1.807) is 6.92 Å². The van der Waals surface area contributed by atoms with Crippen LogP contribution < -0.4 is 10.5 Å². The summed E-state index contributed by atoms with van der Waals surface area (Å²) in [5.74, 6) is 0.937. The summed E-state index contributed by atoms with van der Waals surface area (Å²) in [6, 6.07) is 9.24. The molecule has 4 nitrogen and oxygen atoms in total. The Kier molecular flexibility index (Phi) is 2.92. The number of aromatic nitrogens is 2. The van der Waals surface area contributed by atoms with Crippen LogP contribution in [0.2, 0.25) is 5.28 Å². The van der Waals surface area contributed by atoms with Crippen molar-refractivity contribution in [1.29, 1.82) is 0 Å². The van der Waals surface area contributed by atoms with Crippen molar-refractivity contribution in [3.63, 3.8) is 0 Å². The molecule has 0 aliphatic carbocycles. The first-order chi connectivity index (χ1) is 7.66. The number of nitrogen functional groups attached to an aromatic ring is 1. The minimum Gasteiger partial charge on any atom is -0.437 e. The second kappa shape index (κ2) is 4.37. The average Bonchev–Trinajstić information content (AvgIpc) is 2.27. The highest BCUT2D eigenvalue weighted by atomic mass is 35.5. The minimum atomic E-state index is 0.123. The van der Waals surface area contributed by atoms with Crippen molar-refractivity contribution in [3.05, 3.63) is 41.3 Å². The number of nitrogens with two attached hydrogens (primary N) is 1. The Morgan fingerprint density at radius 1 is 1.19 bits per heavy atom. The molecule has 0 unspecified atom stereocenters. The first-order valence-corrected chi connectivity index (χ1v) is 5.07. The largest absolute Gasteiger partial charge is 0.437 e. The molecule has 0 bridgehead atoms. The van der Waals surface area contributed by atoms with Gasteiger partial charge in [0.05, 0.1) is 5.69 Å². The van der Waals surface area contributed by atoms with Crippen molar-refractivity contribution < 1.29 is 4.74 Å². The Morgan fingerprint density at radius 3 is 2.56 bits per heavy atom. The fourth-order valence-corrected chi connectivity index (χ4v) is 1.40. The fraction of sp³-hybridized carbons (Fsp3) is 0.0909. The fourth-order valence-electron chi connectivity index (χ4n) is 1.20. The molecular weight excluding hydrogens is 226 g/mol. The van der Waals surface area contributed by atoms with Crippen LogP contribution >= 0.6 is 11.6 Å². The molecule has 0 atom stereocenters. The highest BCUT2D eigenvalue weighted by Crippen LogP contribution is 2.27. The van der Waals surface area contributed by atoms with Gasteiger partial charge in [-0.3, -0.25) is 0 Å². The van der Waals surface area contributed by atoms with E-state index in [0.29, 0.717) is 17.1 Å². The molecule has 0 saturated heterocycles. The standard InChI is InChI=1S/C11H10ClN3O/c1-7-9(13)10(15-11(12)14-7)16-8-5-3-2-4-6-8/h2-6H,13H2,1H3. The number of ether oxygens (including phenoxy) is 1. The second-order valence-corrected chi connectivity index (χ2v) is 3.55. The Morgan fingerprint density at radius 2 is 1.88 bits per heavy atom. The molecule has 82 valence electrons. The van der Waals surface area contributed by atoms with Gasteiger partial charge >= 0.3 is 0 Å². The Balaban J connectivity index is 2.35. The van der Waals surface area contributed by atoms with Crippen molar-refractivity contribution >= 4 is 17.3 Å². The summed E-state index contributed by atoms with van der Waals surface area (Å²) in [6.07, 6.45) is 0. The summed E-state index contributed by atoms with van der Waals surface area (Å²) in [7, 11) is 0. The van der Waals surface area contributed by atoms with Crippen LogP contribution in [0.5, 0.6) is 11.6 Å².